The number of hydrogen-bond donors (Lipinski definition) is 2. The number of amides is 1. The van der Waals surface area contributed by atoms with Crippen LogP contribution in [0.2, 0.25) is 0 Å². The molecule has 3 aromatic rings. The number of benzene rings is 2. The Balaban J connectivity index is 0.000000320. The molecule has 4 rings (SSSR count). The van der Waals surface area contributed by atoms with E-state index in [1.165, 1.54) is 0 Å². The van der Waals surface area contributed by atoms with Crippen molar-refractivity contribution in [3.63, 3.8) is 0 Å². The molecule has 2 N–H and O–H groups in total. The number of carbonyl (C=O) groups is 2. The van der Waals surface area contributed by atoms with Gasteiger partial charge in [-0.1, -0.05) is 36.4 Å². The van der Waals surface area contributed by atoms with Crippen LogP contribution in [-0.2, 0) is 9.53 Å². The van der Waals surface area contributed by atoms with Gasteiger partial charge in [0.05, 0.1) is 12.6 Å². The Kier molecular flexibility index (Phi) is 6.81. The first-order valence-electron chi connectivity index (χ1n) is 9.42. The van der Waals surface area contributed by atoms with Gasteiger partial charge in [0.1, 0.15) is 5.58 Å². The predicted octanol–water partition coefficient (Wildman–Crippen LogP) is 3.99. The van der Waals surface area contributed by atoms with Gasteiger partial charge in [-0.3, -0.25) is 4.79 Å². The SMILES string of the molecule is CCOC(=O)c1cc2cc(NC(=O)[C@@H]3CCCN3)ccc2o1.c1ccccc1. The van der Waals surface area contributed by atoms with Crippen LogP contribution in [0.1, 0.15) is 30.3 Å². The summed E-state index contributed by atoms with van der Waals surface area (Å²) in [5.74, 6) is -0.358. The van der Waals surface area contributed by atoms with Crippen molar-refractivity contribution in [1.82, 2.24) is 5.32 Å². The predicted molar refractivity (Wildman–Crippen MR) is 108 cm³/mol. The second-order valence-electron chi connectivity index (χ2n) is 6.38. The van der Waals surface area contributed by atoms with Crippen molar-refractivity contribution in [2.75, 3.05) is 18.5 Å². The van der Waals surface area contributed by atoms with Crippen LogP contribution in [-0.4, -0.2) is 31.1 Å². The molecular formula is C22H24N2O4. The Bertz CT molecular complexity index is 888. The van der Waals surface area contributed by atoms with Crippen LogP contribution in [0.25, 0.3) is 11.0 Å². The molecule has 146 valence electrons. The highest BCUT2D eigenvalue weighted by Gasteiger charge is 2.22. The van der Waals surface area contributed by atoms with E-state index in [0.29, 0.717) is 17.9 Å². The highest BCUT2D eigenvalue weighted by Crippen LogP contribution is 2.24. The second-order valence-corrected chi connectivity index (χ2v) is 6.38. The lowest BCUT2D eigenvalue weighted by Crippen LogP contribution is -2.35. The number of esters is 1. The minimum Gasteiger partial charge on any atom is -0.460 e. The van der Waals surface area contributed by atoms with Crippen molar-refractivity contribution in [2.45, 2.75) is 25.8 Å². The molecule has 0 aliphatic carbocycles. The average Bonchev–Trinajstić information content (AvgIpc) is 3.40. The maximum Gasteiger partial charge on any atom is 0.374 e. The molecule has 6 heteroatoms. The summed E-state index contributed by atoms with van der Waals surface area (Å²) in [4.78, 5) is 23.7. The van der Waals surface area contributed by atoms with Gasteiger partial charge in [-0.05, 0) is 50.6 Å². The van der Waals surface area contributed by atoms with Crippen molar-refractivity contribution in [3.05, 3.63) is 66.4 Å². The normalized spacial score (nSPS) is 15.5. The molecule has 2 heterocycles. The lowest BCUT2D eigenvalue weighted by atomic mass is 10.2. The molecular weight excluding hydrogens is 356 g/mol. The zero-order valence-corrected chi connectivity index (χ0v) is 15.8. The molecule has 6 nitrogen and oxygen atoms in total. The molecule has 0 bridgehead atoms. The minimum atomic E-state index is -0.487. The van der Waals surface area contributed by atoms with E-state index >= 15 is 0 Å². The number of fused-ring (bicyclic) bond motifs is 1. The van der Waals surface area contributed by atoms with Crippen molar-refractivity contribution >= 4 is 28.5 Å². The summed E-state index contributed by atoms with van der Waals surface area (Å²) in [6, 6.07) is 18.8. The Morgan fingerprint density at radius 1 is 1.14 bits per heavy atom. The molecule has 0 radical (unpaired) electrons. The topological polar surface area (TPSA) is 80.6 Å². The minimum absolute atomic E-state index is 0.0361. The van der Waals surface area contributed by atoms with Gasteiger partial charge in [-0.15, -0.1) is 0 Å². The summed E-state index contributed by atoms with van der Waals surface area (Å²) in [6.45, 7) is 2.92. The molecule has 1 atom stereocenters. The number of hydrogen-bond acceptors (Lipinski definition) is 5. The van der Waals surface area contributed by atoms with E-state index in [1.54, 1.807) is 31.2 Å². The Morgan fingerprint density at radius 3 is 2.46 bits per heavy atom. The Morgan fingerprint density at radius 2 is 1.86 bits per heavy atom. The monoisotopic (exact) mass is 380 g/mol. The van der Waals surface area contributed by atoms with E-state index in [0.717, 1.165) is 24.8 Å². The number of nitrogens with one attached hydrogen (secondary N) is 2. The summed E-state index contributed by atoms with van der Waals surface area (Å²) >= 11 is 0. The van der Waals surface area contributed by atoms with E-state index < -0.39 is 5.97 Å². The van der Waals surface area contributed by atoms with Crippen LogP contribution in [0.5, 0.6) is 0 Å². The third-order valence-electron chi connectivity index (χ3n) is 4.30. The average molecular weight is 380 g/mol. The molecule has 1 amide bonds. The summed E-state index contributed by atoms with van der Waals surface area (Å²) < 4.78 is 10.4. The Hall–Kier alpha value is -3.12. The van der Waals surface area contributed by atoms with Gasteiger partial charge in [0.15, 0.2) is 0 Å². The summed E-state index contributed by atoms with van der Waals surface area (Å²) in [5.41, 5.74) is 1.27. The van der Waals surface area contributed by atoms with Gasteiger partial charge in [0.2, 0.25) is 11.7 Å². The molecule has 1 saturated heterocycles. The van der Waals surface area contributed by atoms with E-state index in [2.05, 4.69) is 10.6 Å². The van der Waals surface area contributed by atoms with E-state index in [9.17, 15) is 9.59 Å². The number of carbonyl (C=O) groups excluding carboxylic acids is 2. The zero-order chi connectivity index (χ0) is 19.8. The van der Waals surface area contributed by atoms with Gasteiger partial charge in [0, 0.05) is 11.1 Å². The maximum absolute atomic E-state index is 12.1. The van der Waals surface area contributed by atoms with Gasteiger partial charge >= 0.3 is 5.97 Å². The van der Waals surface area contributed by atoms with Gasteiger partial charge < -0.3 is 19.8 Å². The van der Waals surface area contributed by atoms with Crippen LogP contribution >= 0.6 is 0 Å². The number of furan rings is 1. The summed E-state index contributed by atoms with van der Waals surface area (Å²) in [7, 11) is 0. The zero-order valence-electron chi connectivity index (χ0n) is 15.8. The standard InChI is InChI=1S/C16H18N2O4.C6H6/c1-2-21-16(20)14-9-10-8-11(5-6-13(10)22-14)18-15(19)12-4-3-7-17-12;1-2-4-6-5-3-1/h5-6,8-9,12,17H,2-4,7H2,1H3,(H,18,19);1-6H/t12-;/m0./s1. The maximum atomic E-state index is 12.1. The van der Waals surface area contributed by atoms with Crippen LogP contribution < -0.4 is 10.6 Å². The van der Waals surface area contributed by atoms with Crippen LogP contribution in [0, 0.1) is 0 Å². The first kappa shape index (κ1) is 19.6. The molecule has 28 heavy (non-hydrogen) atoms. The molecule has 1 fully saturated rings. The second kappa shape index (κ2) is 9.71. The van der Waals surface area contributed by atoms with Gasteiger partial charge in [-0.25, -0.2) is 4.79 Å². The number of ether oxygens (including phenoxy) is 1. The fourth-order valence-corrected chi connectivity index (χ4v) is 2.95. The van der Waals surface area contributed by atoms with Crippen LogP contribution in [0.3, 0.4) is 0 Å². The number of rotatable bonds is 4. The lowest BCUT2D eigenvalue weighted by Gasteiger charge is -2.10. The van der Waals surface area contributed by atoms with Crippen molar-refractivity contribution < 1.29 is 18.7 Å². The smallest absolute Gasteiger partial charge is 0.374 e. The molecule has 0 spiro atoms. The van der Waals surface area contributed by atoms with Crippen LogP contribution in [0.15, 0.2) is 65.1 Å². The molecule has 0 saturated carbocycles. The van der Waals surface area contributed by atoms with E-state index in [1.807, 2.05) is 36.4 Å². The first-order valence-corrected chi connectivity index (χ1v) is 9.42. The first-order chi connectivity index (χ1) is 13.7. The quantitative estimate of drug-likeness (QED) is 0.669. The third-order valence-corrected chi connectivity index (χ3v) is 4.30. The van der Waals surface area contributed by atoms with Gasteiger partial charge in [0.25, 0.3) is 0 Å². The van der Waals surface area contributed by atoms with Crippen molar-refractivity contribution in [3.8, 4) is 0 Å². The molecule has 1 aromatic heterocycles. The fourth-order valence-electron chi connectivity index (χ4n) is 2.95. The van der Waals surface area contributed by atoms with E-state index in [-0.39, 0.29) is 17.7 Å². The highest BCUT2D eigenvalue weighted by atomic mass is 16.5. The number of anilines is 1. The summed E-state index contributed by atoms with van der Waals surface area (Å²) in [5, 5.41) is 6.79. The molecule has 0 unspecified atom stereocenters. The van der Waals surface area contributed by atoms with E-state index in [4.69, 9.17) is 9.15 Å². The third kappa shape index (κ3) is 5.20. The summed E-state index contributed by atoms with van der Waals surface area (Å²) in [6.07, 6.45) is 1.87. The largest absolute Gasteiger partial charge is 0.460 e. The van der Waals surface area contributed by atoms with Gasteiger partial charge in [-0.2, -0.15) is 0 Å². The Labute approximate surface area is 163 Å². The lowest BCUT2D eigenvalue weighted by molar-refractivity contribution is -0.117. The fraction of sp³-hybridized carbons (Fsp3) is 0.273. The van der Waals surface area contributed by atoms with Crippen molar-refractivity contribution in [1.29, 1.82) is 0 Å². The molecule has 1 aliphatic heterocycles. The highest BCUT2D eigenvalue weighted by molar-refractivity contribution is 5.98. The van der Waals surface area contributed by atoms with Crippen LogP contribution in [0.4, 0.5) is 5.69 Å². The molecule has 1 aliphatic rings. The molecule has 2 aromatic carbocycles. The van der Waals surface area contributed by atoms with Crippen molar-refractivity contribution in [2.24, 2.45) is 0 Å².